The van der Waals surface area contributed by atoms with Crippen molar-refractivity contribution in [3.8, 4) is 6.07 Å². The summed E-state index contributed by atoms with van der Waals surface area (Å²) >= 11 is 0. The Labute approximate surface area is 110 Å². The fourth-order valence-corrected chi connectivity index (χ4v) is 2.83. The molecular weight excluding hydrogens is 248 g/mol. The van der Waals surface area contributed by atoms with E-state index in [0.29, 0.717) is 11.4 Å². The summed E-state index contributed by atoms with van der Waals surface area (Å²) < 4.78 is 26.4. The lowest BCUT2D eigenvalue weighted by Crippen LogP contribution is -2.40. The van der Waals surface area contributed by atoms with E-state index in [4.69, 9.17) is 0 Å². The van der Waals surface area contributed by atoms with Gasteiger partial charge in [0.1, 0.15) is 11.9 Å². The van der Waals surface area contributed by atoms with Gasteiger partial charge in [-0.3, -0.25) is 0 Å². The minimum Gasteiger partial charge on any atom is -0.355 e. The molecule has 0 N–H and O–H groups in total. The summed E-state index contributed by atoms with van der Waals surface area (Å²) in [4.78, 5) is 6.38. The Morgan fingerprint density at radius 2 is 2.00 bits per heavy atom. The summed E-state index contributed by atoms with van der Waals surface area (Å²) in [7, 11) is 0. The summed E-state index contributed by atoms with van der Waals surface area (Å²) in [6.07, 6.45) is 2.65. The molecule has 3 rings (SSSR count). The molecule has 5 heteroatoms. The van der Waals surface area contributed by atoms with Crippen LogP contribution >= 0.6 is 0 Å². The minimum atomic E-state index is -2.57. The van der Waals surface area contributed by atoms with Crippen molar-refractivity contribution in [1.82, 2.24) is 4.98 Å². The third-order valence-electron chi connectivity index (χ3n) is 3.95. The molecule has 0 atom stereocenters. The molecule has 2 heterocycles. The van der Waals surface area contributed by atoms with E-state index < -0.39 is 5.92 Å². The molecule has 0 radical (unpaired) electrons. The third kappa shape index (κ3) is 2.27. The van der Waals surface area contributed by atoms with Crippen molar-refractivity contribution < 1.29 is 8.78 Å². The van der Waals surface area contributed by atoms with Crippen LogP contribution in [-0.2, 0) is 12.8 Å². The van der Waals surface area contributed by atoms with Crippen LogP contribution in [0.15, 0.2) is 6.07 Å². The average Bonchev–Trinajstić information content (AvgIpc) is 2.84. The van der Waals surface area contributed by atoms with E-state index in [1.54, 1.807) is 0 Å². The number of halogens is 2. The predicted molar refractivity (Wildman–Crippen MR) is 67.4 cm³/mol. The molecule has 1 aliphatic heterocycles. The molecular formula is C14H15F2N3. The van der Waals surface area contributed by atoms with E-state index >= 15 is 0 Å². The fraction of sp³-hybridized carbons (Fsp3) is 0.571. The first-order valence-corrected chi connectivity index (χ1v) is 6.65. The van der Waals surface area contributed by atoms with E-state index in [9.17, 15) is 14.0 Å². The van der Waals surface area contributed by atoms with Crippen molar-refractivity contribution in [3.63, 3.8) is 0 Å². The smallest absolute Gasteiger partial charge is 0.251 e. The Bertz CT molecular complexity index is 538. The lowest BCUT2D eigenvalue weighted by atomic mass is 10.1. The van der Waals surface area contributed by atoms with Gasteiger partial charge in [0.25, 0.3) is 5.92 Å². The number of hydrogen-bond donors (Lipinski definition) is 0. The van der Waals surface area contributed by atoms with Crippen molar-refractivity contribution in [2.45, 2.75) is 38.0 Å². The topological polar surface area (TPSA) is 39.9 Å². The number of nitriles is 1. The molecule has 19 heavy (non-hydrogen) atoms. The number of anilines is 1. The molecule has 1 aromatic rings. The summed E-state index contributed by atoms with van der Waals surface area (Å²) in [5, 5.41) is 9.22. The number of rotatable bonds is 1. The molecule has 0 unspecified atom stereocenters. The maximum atomic E-state index is 13.2. The van der Waals surface area contributed by atoms with Gasteiger partial charge >= 0.3 is 0 Å². The Balaban J connectivity index is 1.91. The highest BCUT2D eigenvalue weighted by atomic mass is 19.3. The van der Waals surface area contributed by atoms with Crippen LogP contribution in [0.4, 0.5) is 14.6 Å². The average molecular weight is 263 g/mol. The first-order chi connectivity index (χ1) is 9.09. The predicted octanol–water partition coefficient (Wildman–Crippen LogP) is 2.68. The zero-order chi connectivity index (χ0) is 13.5. The number of piperidine rings is 1. The van der Waals surface area contributed by atoms with Gasteiger partial charge < -0.3 is 4.90 Å². The van der Waals surface area contributed by atoms with Crippen LogP contribution in [0.3, 0.4) is 0 Å². The van der Waals surface area contributed by atoms with Crippen molar-refractivity contribution in [2.75, 3.05) is 18.0 Å². The van der Waals surface area contributed by atoms with Gasteiger partial charge in [0.2, 0.25) is 0 Å². The Morgan fingerprint density at radius 1 is 1.26 bits per heavy atom. The zero-order valence-electron chi connectivity index (χ0n) is 10.6. The van der Waals surface area contributed by atoms with E-state index in [1.807, 2.05) is 11.0 Å². The van der Waals surface area contributed by atoms with Crippen LogP contribution in [0.2, 0.25) is 0 Å². The maximum Gasteiger partial charge on any atom is 0.251 e. The Hall–Kier alpha value is -1.70. The summed E-state index contributed by atoms with van der Waals surface area (Å²) in [6, 6.07) is 4.04. The number of pyridine rings is 1. The molecule has 0 bridgehead atoms. The second-order valence-electron chi connectivity index (χ2n) is 5.27. The SMILES string of the molecule is N#Cc1cc2c(nc1N1CCC(F)(F)CC1)CCC2. The number of aromatic nitrogens is 1. The quantitative estimate of drug-likeness (QED) is 0.782. The van der Waals surface area contributed by atoms with E-state index in [0.717, 1.165) is 30.5 Å². The lowest BCUT2D eigenvalue weighted by Gasteiger charge is -2.33. The normalized spacial score (nSPS) is 21.0. The van der Waals surface area contributed by atoms with Crippen LogP contribution in [-0.4, -0.2) is 24.0 Å². The fourth-order valence-electron chi connectivity index (χ4n) is 2.83. The van der Waals surface area contributed by atoms with Gasteiger partial charge in [-0.25, -0.2) is 13.8 Å². The highest BCUT2D eigenvalue weighted by Gasteiger charge is 2.35. The third-order valence-corrected chi connectivity index (χ3v) is 3.95. The summed E-state index contributed by atoms with van der Waals surface area (Å²) in [5.74, 6) is -1.97. The zero-order valence-corrected chi connectivity index (χ0v) is 10.6. The summed E-state index contributed by atoms with van der Waals surface area (Å²) in [5.41, 5.74) is 2.69. The Kier molecular flexibility index (Phi) is 2.89. The second-order valence-corrected chi connectivity index (χ2v) is 5.27. The highest BCUT2D eigenvalue weighted by Crippen LogP contribution is 2.32. The van der Waals surface area contributed by atoms with Gasteiger partial charge in [0.15, 0.2) is 0 Å². The molecule has 1 fully saturated rings. The highest BCUT2D eigenvalue weighted by molar-refractivity contribution is 5.57. The molecule has 0 spiro atoms. The van der Waals surface area contributed by atoms with Gasteiger partial charge in [-0.15, -0.1) is 0 Å². The van der Waals surface area contributed by atoms with E-state index in [2.05, 4.69) is 11.1 Å². The monoisotopic (exact) mass is 263 g/mol. The van der Waals surface area contributed by atoms with Gasteiger partial charge in [0.05, 0.1) is 5.56 Å². The van der Waals surface area contributed by atoms with Crippen molar-refractivity contribution >= 4 is 5.82 Å². The maximum absolute atomic E-state index is 13.2. The molecule has 1 aliphatic carbocycles. The molecule has 100 valence electrons. The van der Waals surface area contributed by atoms with Crippen LogP contribution in [0.25, 0.3) is 0 Å². The summed E-state index contributed by atoms with van der Waals surface area (Å²) in [6.45, 7) is 0.543. The van der Waals surface area contributed by atoms with Crippen LogP contribution < -0.4 is 4.90 Å². The standard InChI is InChI=1S/C14H15F2N3/c15-14(16)4-6-19(7-5-14)13-11(9-17)8-10-2-1-3-12(10)18-13/h8H,1-7H2. The molecule has 0 aromatic carbocycles. The molecule has 1 aromatic heterocycles. The Morgan fingerprint density at radius 3 is 2.68 bits per heavy atom. The molecule has 2 aliphatic rings. The van der Waals surface area contributed by atoms with Crippen molar-refractivity contribution in [3.05, 3.63) is 22.9 Å². The lowest BCUT2D eigenvalue weighted by molar-refractivity contribution is -0.0221. The van der Waals surface area contributed by atoms with Crippen LogP contribution in [0, 0.1) is 11.3 Å². The van der Waals surface area contributed by atoms with E-state index in [1.165, 1.54) is 0 Å². The molecule has 0 saturated carbocycles. The minimum absolute atomic E-state index is 0.156. The van der Waals surface area contributed by atoms with Gasteiger partial charge in [-0.1, -0.05) is 0 Å². The molecule has 1 saturated heterocycles. The van der Waals surface area contributed by atoms with Crippen molar-refractivity contribution in [2.24, 2.45) is 0 Å². The number of aryl methyl sites for hydroxylation is 2. The van der Waals surface area contributed by atoms with Gasteiger partial charge in [-0.05, 0) is 30.9 Å². The van der Waals surface area contributed by atoms with Gasteiger partial charge in [0, 0.05) is 31.6 Å². The number of nitrogens with zero attached hydrogens (tertiary/aromatic N) is 3. The van der Waals surface area contributed by atoms with Crippen LogP contribution in [0.1, 0.15) is 36.1 Å². The molecule has 3 nitrogen and oxygen atoms in total. The largest absolute Gasteiger partial charge is 0.355 e. The number of alkyl halides is 2. The van der Waals surface area contributed by atoms with Gasteiger partial charge in [-0.2, -0.15) is 5.26 Å². The number of fused-ring (bicyclic) bond motifs is 1. The first kappa shape index (κ1) is 12.3. The first-order valence-electron chi connectivity index (χ1n) is 6.65. The number of hydrogen-bond acceptors (Lipinski definition) is 3. The molecule has 0 amide bonds. The second kappa shape index (κ2) is 4.44. The van der Waals surface area contributed by atoms with Crippen LogP contribution in [0.5, 0.6) is 0 Å². The van der Waals surface area contributed by atoms with Crippen molar-refractivity contribution in [1.29, 1.82) is 5.26 Å². The van der Waals surface area contributed by atoms with E-state index in [-0.39, 0.29) is 25.9 Å².